The lowest BCUT2D eigenvalue weighted by atomic mass is 9.78. The van der Waals surface area contributed by atoms with E-state index >= 15 is 0 Å². The molecule has 1 N–H and O–H groups in total. The lowest BCUT2D eigenvalue weighted by molar-refractivity contribution is -0.242. The summed E-state index contributed by atoms with van der Waals surface area (Å²) in [6, 6.07) is 5.52. The lowest BCUT2D eigenvalue weighted by Gasteiger charge is -2.42. The number of benzene rings is 1. The van der Waals surface area contributed by atoms with Crippen LogP contribution in [0.1, 0.15) is 56.8 Å². The summed E-state index contributed by atoms with van der Waals surface area (Å²) in [5.41, 5.74) is -2.58. The summed E-state index contributed by atoms with van der Waals surface area (Å²) in [7, 11) is 1.73. The second-order valence-corrected chi connectivity index (χ2v) is 10.8. The van der Waals surface area contributed by atoms with Gasteiger partial charge in [0.05, 0.1) is 10.6 Å². The molecule has 2 amide bonds. The maximum absolute atomic E-state index is 13.9. The van der Waals surface area contributed by atoms with Gasteiger partial charge in [0.2, 0.25) is 0 Å². The lowest BCUT2D eigenvalue weighted by Crippen LogP contribution is -2.60. The summed E-state index contributed by atoms with van der Waals surface area (Å²) in [6.45, 7) is 7.41. The molecule has 1 unspecified atom stereocenters. The van der Waals surface area contributed by atoms with Gasteiger partial charge in [-0.1, -0.05) is 29.8 Å². The van der Waals surface area contributed by atoms with Crippen LogP contribution in [0.4, 0.5) is 18.9 Å². The highest BCUT2D eigenvalue weighted by atomic mass is 35.5. The zero-order chi connectivity index (χ0) is 29.0. The molecular weight excluding hydrogens is 531 g/mol. The summed E-state index contributed by atoms with van der Waals surface area (Å²) in [4.78, 5) is 30.5. The Labute approximate surface area is 234 Å². The van der Waals surface area contributed by atoms with Crippen LogP contribution in [-0.4, -0.2) is 78.3 Å². The normalized spacial score (nSPS) is 19.9. The zero-order valence-corrected chi connectivity index (χ0v) is 23.9. The first-order valence-electron chi connectivity index (χ1n) is 13.6. The number of amides is 2. The van der Waals surface area contributed by atoms with Crippen molar-refractivity contribution in [1.82, 2.24) is 9.80 Å². The van der Waals surface area contributed by atoms with E-state index in [0.717, 1.165) is 48.7 Å². The van der Waals surface area contributed by atoms with E-state index in [1.54, 1.807) is 24.9 Å². The highest BCUT2D eigenvalue weighted by Gasteiger charge is 2.62. The van der Waals surface area contributed by atoms with Crippen molar-refractivity contribution in [3.05, 3.63) is 52.6 Å². The number of nitrogens with zero attached hydrogens (tertiary/aromatic N) is 3. The van der Waals surface area contributed by atoms with Gasteiger partial charge in [-0.3, -0.25) is 9.59 Å². The van der Waals surface area contributed by atoms with Crippen LogP contribution in [0.2, 0.25) is 5.02 Å². The number of anilines is 1. The topological polar surface area (TPSA) is 64.1 Å². The molecule has 2 saturated heterocycles. The van der Waals surface area contributed by atoms with Crippen LogP contribution >= 0.6 is 11.6 Å². The van der Waals surface area contributed by atoms with Crippen molar-refractivity contribution in [2.24, 2.45) is 11.8 Å². The highest BCUT2D eigenvalue weighted by Crippen LogP contribution is 2.40. The second-order valence-electron chi connectivity index (χ2n) is 10.4. The van der Waals surface area contributed by atoms with E-state index in [1.807, 2.05) is 19.1 Å². The largest absolute Gasteiger partial charge is 0.430 e. The first-order valence-corrected chi connectivity index (χ1v) is 13.9. The fourth-order valence-corrected chi connectivity index (χ4v) is 5.92. The van der Waals surface area contributed by atoms with Crippen LogP contribution in [0.5, 0.6) is 0 Å². The standard InChI is InChI=1S/C29H39ClF3N3O3/c1-5-8-22(6-2)28(39,29(31,32)33)27(38)36-17-13-21(14-18-36)20-11-15-35(16-12-20)23-9-10-24(25(30)19-23)26(37)34(4)7-3/h5-6,8-10,19-21,39H,7,11-18H2,1-4H3/b8-5-,22-6+. The number of likely N-dealkylation sites (tertiary alicyclic amines) is 1. The molecule has 1 atom stereocenters. The van der Waals surface area contributed by atoms with Gasteiger partial charge in [-0.15, -0.1) is 0 Å². The number of alkyl halides is 3. The maximum Gasteiger partial charge on any atom is 0.430 e. The average Bonchev–Trinajstić information content (AvgIpc) is 2.93. The van der Waals surface area contributed by atoms with Crippen molar-refractivity contribution in [3.8, 4) is 0 Å². The minimum atomic E-state index is -5.13. The summed E-state index contributed by atoms with van der Waals surface area (Å²) >= 11 is 6.44. The molecule has 2 aliphatic rings. The third-order valence-electron chi connectivity index (χ3n) is 8.20. The smallest absolute Gasteiger partial charge is 0.371 e. The Kier molecular flexibility index (Phi) is 10.2. The van der Waals surface area contributed by atoms with Crippen LogP contribution in [0.25, 0.3) is 0 Å². The molecule has 216 valence electrons. The molecule has 0 aliphatic carbocycles. The summed E-state index contributed by atoms with van der Waals surface area (Å²) < 4.78 is 41.8. The monoisotopic (exact) mass is 569 g/mol. The van der Waals surface area contributed by atoms with E-state index in [2.05, 4.69) is 4.90 Å². The quantitative estimate of drug-likeness (QED) is 0.428. The molecule has 39 heavy (non-hydrogen) atoms. The number of hydrogen-bond donors (Lipinski definition) is 1. The van der Waals surface area contributed by atoms with Crippen molar-refractivity contribution in [2.45, 2.75) is 58.2 Å². The molecule has 0 aromatic heterocycles. The molecule has 2 fully saturated rings. The summed E-state index contributed by atoms with van der Waals surface area (Å²) in [6.07, 6.45) is 1.57. The third kappa shape index (κ3) is 6.46. The van der Waals surface area contributed by atoms with E-state index in [0.29, 0.717) is 41.8 Å². The Morgan fingerprint density at radius 3 is 2.10 bits per heavy atom. The zero-order valence-electron chi connectivity index (χ0n) is 23.1. The molecule has 0 bridgehead atoms. The van der Waals surface area contributed by atoms with Gasteiger partial charge in [-0.25, -0.2) is 0 Å². The number of rotatable bonds is 7. The van der Waals surface area contributed by atoms with Gasteiger partial charge in [0.25, 0.3) is 17.4 Å². The van der Waals surface area contributed by atoms with Crippen molar-refractivity contribution in [1.29, 1.82) is 0 Å². The molecule has 10 heteroatoms. The average molecular weight is 570 g/mol. The van der Waals surface area contributed by atoms with Gasteiger partial charge in [0, 0.05) is 45.5 Å². The van der Waals surface area contributed by atoms with Crippen LogP contribution in [-0.2, 0) is 4.79 Å². The fourth-order valence-electron chi connectivity index (χ4n) is 5.67. The third-order valence-corrected chi connectivity index (χ3v) is 8.51. The van der Waals surface area contributed by atoms with E-state index in [1.165, 1.54) is 13.0 Å². The Hall–Kier alpha value is -2.52. The van der Waals surface area contributed by atoms with Crippen LogP contribution in [0, 0.1) is 11.8 Å². The molecule has 6 nitrogen and oxygen atoms in total. The SMILES string of the molecule is C/C=C\C(=C/C)C(O)(C(=O)N1CCC(C2CCN(c3ccc(C(=O)N(C)CC)c(Cl)c3)CC2)CC1)C(F)(F)F. The molecule has 3 rings (SSSR count). The first kappa shape index (κ1) is 31.0. The van der Waals surface area contributed by atoms with E-state index in [9.17, 15) is 27.9 Å². The van der Waals surface area contributed by atoms with Crippen LogP contribution < -0.4 is 4.90 Å². The maximum atomic E-state index is 13.9. The number of aliphatic hydroxyl groups is 1. The van der Waals surface area contributed by atoms with Gasteiger partial charge < -0.3 is 19.8 Å². The molecule has 0 spiro atoms. The van der Waals surface area contributed by atoms with Gasteiger partial charge in [0.15, 0.2) is 0 Å². The number of carbonyl (C=O) groups excluding carboxylic acids is 2. The Morgan fingerprint density at radius 1 is 1.08 bits per heavy atom. The van der Waals surface area contributed by atoms with E-state index in [4.69, 9.17) is 11.6 Å². The molecule has 0 radical (unpaired) electrons. The molecule has 0 saturated carbocycles. The van der Waals surface area contributed by atoms with Gasteiger partial charge >= 0.3 is 6.18 Å². The summed E-state index contributed by atoms with van der Waals surface area (Å²) in [5.74, 6) is -0.711. The minimum Gasteiger partial charge on any atom is -0.371 e. The first-order chi connectivity index (χ1) is 18.4. The van der Waals surface area contributed by atoms with Crippen molar-refractivity contribution >= 4 is 29.1 Å². The highest BCUT2D eigenvalue weighted by molar-refractivity contribution is 6.34. The molecule has 2 heterocycles. The number of allylic oxidation sites excluding steroid dienone is 2. The van der Waals surface area contributed by atoms with Gasteiger partial charge in [-0.2, -0.15) is 13.2 Å². The molecule has 2 aliphatic heterocycles. The number of piperidine rings is 2. The predicted molar refractivity (Wildman–Crippen MR) is 148 cm³/mol. The van der Waals surface area contributed by atoms with Crippen molar-refractivity contribution in [3.63, 3.8) is 0 Å². The minimum absolute atomic E-state index is 0.116. The Morgan fingerprint density at radius 2 is 1.64 bits per heavy atom. The fraction of sp³-hybridized carbons (Fsp3) is 0.586. The predicted octanol–water partition coefficient (Wildman–Crippen LogP) is 5.70. The second kappa shape index (κ2) is 12.8. The number of halogens is 4. The molecular formula is C29H39ClF3N3O3. The molecule has 1 aromatic rings. The van der Waals surface area contributed by atoms with Crippen LogP contribution in [0.3, 0.4) is 0 Å². The van der Waals surface area contributed by atoms with Crippen LogP contribution in [0.15, 0.2) is 42.0 Å². The van der Waals surface area contributed by atoms with Gasteiger partial charge in [0.1, 0.15) is 0 Å². The van der Waals surface area contributed by atoms with E-state index in [-0.39, 0.29) is 19.0 Å². The molecule has 1 aromatic carbocycles. The number of carbonyl (C=O) groups is 2. The number of hydrogen-bond acceptors (Lipinski definition) is 4. The Bertz CT molecular complexity index is 1090. The van der Waals surface area contributed by atoms with Gasteiger partial charge in [-0.05, 0) is 82.1 Å². The van der Waals surface area contributed by atoms with Crippen molar-refractivity contribution < 1.29 is 27.9 Å². The summed E-state index contributed by atoms with van der Waals surface area (Å²) in [5, 5.41) is 11.1. The Balaban J connectivity index is 1.59. The van der Waals surface area contributed by atoms with Crippen molar-refractivity contribution in [2.75, 3.05) is 44.7 Å². The van der Waals surface area contributed by atoms with E-state index < -0.39 is 23.3 Å².